The average molecular weight is 374 g/mol. The molecule has 0 radical (unpaired) electrons. The van der Waals surface area contributed by atoms with Crippen LogP contribution in [0.4, 0.5) is 5.69 Å². The minimum absolute atomic E-state index is 0.308. The van der Waals surface area contributed by atoms with E-state index in [1.807, 2.05) is 32.9 Å². The molecule has 2 atom stereocenters. The number of anilines is 1. The van der Waals surface area contributed by atoms with Gasteiger partial charge in [0.1, 0.15) is 11.8 Å². The number of carboxylic acids is 1. The van der Waals surface area contributed by atoms with E-state index in [9.17, 15) is 14.7 Å². The lowest BCUT2D eigenvalue weighted by Crippen LogP contribution is -2.53. The van der Waals surface area contributed by atoms with Crippen LogP contribution in [0.25, 0.3) is 11.3 Å². The number of nitrogens with zero attached hydrogens (tertiary/aromatic N) is 2. The third kappa shape index (κ3) is 3.07. The second-order valence-electron chi connectivity index (χ2n) is 6.31. The molecule has 1 aromatic carbocycles. The van der Waals surface area contributed by atoms with Crippen LogP contribution in [-0.2, 0) is 9.59 Å². The van der Waals surface area contributed by atoms with Crippen LogP contribution in [0.2, 0.25) is 0 Å². The third-order valence-corrected chi connectivity index (χ3v) is 5.42. The summed E-state index contributed by atoms with van der Waals surface area (Å²) in [6.45, 7) is 7.56. The van der Waals surface area contributed by atoms with Gasteiger partial charge in [0.15, 0.2) is 6.10 Å². The number of carbonyl (C=O) groups excluding carboxylic acids is 1. The second-order valence-corrected chi connectivity index (χ2v) is 7.71. The quantitative estimate of drug-likeness (QED) is 0.861. The van der Waals surface area contributed by atoms with Crippen molar-refractivity contribution < 1.29 is 19.4 Å². The third-order valence-electron chi connectivity index (χ3n) is 4.53. The Morgan fingerprint density at radius 1 is 1.38 bits per heavy atom. The van der Waals surface area contributed by atoms with Crippen LogP contribution in [0.15, 0.2) is 18.2 Å². The number of rotatable bonds is 5. The van der Waals surface area contributed by atoms with E-state index in [1.54, 1.807) is 24.3 Å². The Kier molecular flexibility index (Phi) is 5.00. The molecule has 6 nitrogen and oxygen atoms in total. The first-order chi connectivity index (χ1) is 12.4. The Labute approximate surface area is 156 Å². The summed E-state index contributed by atoms with van der Waals surface area (Å²) in [6, 6.07) is 4.59. The van der Waals surface area contributed by atoms with Gasteiger partial charge in [-0.25, -0.2) is 9.78 Å². The molecule has 0 saturated carbocycles. The molecule has 1 aromatic heterocycles. The van der Waals surface area contributed by atoms with Gasteiger partial charge in [-0.05, 0) is 44.9 Å². The zero-order valence-corrected chi connectivity index (χ0v) is 16.1. The van der Waals surface area contributed by atoms with Gasteiger partial charge in [-0.3, -0.25) is 9.69 Å². The largest absolute Gasteiger partial charge is 0.480 e. The summed E-state index contributed by atoms with van der Waals surface area (Å²) in [5.41, 5.74) is 2.20. The van der Waals surface area contributed by atoms with Crippen molar-refractivity contribution in [2.75, 3.05) is 4.90 Å². The lowest BCUT2D eigenvalue weighted by molar-refractivity contribution is -0.141. The number of aryl methyl sites for hydroxylation is 2. The molecular weight excluding hydrogens is 352 g/mol. The molecule has 1 aliphatic rings. The van der Waals surface area contributed by atoms with Crippen molar-refractivity contribution in [1.29, 1.82) is 0 Å². The summed E-state index contributed by atoms with van der Waals surface area (Å²) < 4.78 is 5.82. The van der Waals surface area contributed by atoms with Crippen molar-refractivity contribution in [3.8, 4) is 17.0 Å². The highest BCUT2D eigenvalue weighted by Gasteiger charge is 2.39. The molecule has 0 fully saturated rings. The number of benzene rings is 1. The maximum Gasteiger partial charge on any atom is 0.326 e. The summed E-state index contributed by atoms with van der Waals surface area (Å²) in [6.07, 6.45) is 0.137. The molecule has 1 amide bonds. The van der Waals surface area contributed by atoms with E-state index in [0.717, 1.165) is 21.1 Å². The summed E-state index contributed by atoms with van der Waals surface area (Å²) >= 11 is 1.61. The highest BCUT2D eigenvalue weighted by Crippen LogP contribution is 2.40. The van der Waals surface area contributed by atoms with Crippen LogP contribution in [-0.4, -0.2) is 34.1 Å². The summed E-state index contributed by atoms with van der Waals surface area (Å²) in [5, 5.41) is 10.6. The predicted molar refractivity (Wildman–Crippen MR) is 101 cm³/mol. The number of carbonyl (C=O) groups is 2. The minimum atomic E-state index is -1.02. The van der Waals surface area contributed by atoms with E-state index in [-0.39, 0.29) is 5.91 Å². The monoisotopic (exact) mass is 374 g/mol. The number of carboxylic acid groups (broad SMARTS) is 1. The summed E-state index contributed by atoms with van der Waals surface area (Å²) in [7, 11) is 0. The highest BCUT2D eigenvalue weighted by molar-refractivity contribution is 7.11. The van der Waals surface area contributed by atoms with Crippen molar-refractivity contribution in [3.05, 3.63) is 28.1 Å². The van der Waals surface area contributed by atoms with Crippen LogP contribution in [0.3, 0.4) is 0 Å². The first-order valence-electron chi connectivity index (χ1n) is 8.68. The van der Waals surface area contributed by atoms with E-state index in [0.29, 0.717) is 24.3 Å². The topological polar surface area (TPSA) is 79.7 Å². The molecule has 7 heteroatoms. The molecule has 0 saturated heterocycles. The Hall–Kier alpha value is -2.41. The van der Waals surface area contributed by atoms with Gasteiger partial charge in [-0.1, -0.05) is 13.8 Å². The number of ether oxygens (including phenoxy) is 1. The normalized spacial score (nSPS) is 17.6. The second kappa shape index (κ2) is 7.07. The molecule has 1 aliphatic heterocycles. The molecule has 2 aromatic rings. The molecule has 2 unspecified atom stereocenters. The highest BCUT2D eigenvalue weighted by atomic mass is 32.1. The van der Waals surface area contributed by atoms with Crippen molar-refractivity contribution >= 4 is 28.9 Å². The fraction of sp³-hybridized carbons (Fsp3) is 0.421. The smallest absolute Gasteiger partial charge is 0.326 e. The van der Waals surface area contributed by atoms with Gasteiger partial charge in [0.05, 0.1) is 16.4 Å². The van der Waals surface area contributed by atoms with Crippen molar-refractivity contribution in [3.63, 3.8) is 0 Å². The standard InChI is InChI=1S/C19H22N2O4S/c1-5-13(19(23)24)21-14-9-12(17-10(3)26-11(4)20-17)7-8-16(14)25-15(6-2)18(21)22/h7-9,13,15H,5-6H2,1-4H3,(H,23,24). The maximum absolute atomic E-state index is 12.9. The summed E-state index contributed by atoms with van der Waals surface area (Å²) in [5.74, 6) is -0.795. The fourth-order valence-corrected chi connectivity index (χ4v) is 4.11. The van der Waals surface area contributed by atoms with Crippen molar-refractivity contribution in [1.82, 2.24) is 4.98 Å². The molecular formula is C19H22N2O4S. The molecule has 0 spiro atoms. The van der Waals surface area contributed by atoms with Gasteiger partial charge in [-0.15, -0.1) is 11.3 Å². The fourth-order valence-electron chi connectivity index (χ4n) is 3.27. The van der Waals surface area contributed by atoms with Gasteiger partial charge in [0.25, 0.3) is 5.91 Å². The van der Waals surface area contributed by atoms with E-state index in [1.165, 1.54) is 4.90 Å². The Bertz CT molecular complexity index is 861. The van der Waals surface area contributed by atoms with Crippen LogP contribution in [0.1, 0.15) is 36.6 Å². The number of hydrogen-bond acceptors (Lipinski definition) is 5. The lowest BCUT2D eigenvalue weighted by Gasteiger charge is -2.37. The van der Waals surface area contributed by atoms with Gasteiger partial charge in [0.2, 0.25) is 0 Å². The van der Waals surface area contributed by atoms with E-state index in [4.69, 9.17) is 4.74 Å². The molecule has 3 rings (SSSR count). The van der Waals surface area contributed by atoms with E-state index < -0.39 is 18.1 Å². The zero-order valence-electron chi connectivity index (χ0n) is 15.3. The molecule has 1 N–H and O–H groups in total. The maximum atomic E-state index is 12.9. The van der Waals surface area contributed by atoms with Crippen LogP contribution >= 0.6 is 11.3 Å². The number of hydrogen-bond donors (Lipinski definition) is 1. The molecule has 26 heavy (non-hydrogen) atoms. The Balaban J connectivity index is 2.15. The van der Waals surface area contributed by atoms with E-state index >= 15 is 0 Å². The molecule has 0 aliphatic carbocycles. The zero-order chi connectivity index (χ0) is 19.0. The SMILES string of the molecule is CCC1Oc2ccc(-c3nc(C)sc3C)cc2N(C(CC)C(=O)O)C1=O. The number of aliphatic carboxylic acids is 1. The van der Waals surface area contributed by atoms with E-state index in [2.05, 4.69) is 4.98 Å². The molecule has 0 bridgehead atoms. The Morgan fingerprint density at radius 2 is 2.12 bits per heavy atom. The van der Waals surface area contributed by atoms with Gasteiger partial charge in [0, 0.05) is 10.4 Å². The first-order valence-corrected chi connectivity index (χ1v) is 9.50. The molecule has 138 valence electrons. The summed E-state index contributed by atoms with van der Waals surface area (Å²) in [4.78, 5) is 31.6. The van der Waals surface area contributed by atoms with Gasteiger partial charge < -0.3 is 9.84 Å². The molecule has 2 heterocycles. The number of amides is 1. The minimum Gasteiger partial charge on any atom is -0.480 e. The first kappa shape index (κ1) is 18.4. The number of aromatic nitrogens is 1. The number of thiazole rings is 1. The van der Waals surface area contributed by atoms with Crippen molar-refractivity contribution in [2.45, 2.75) is 52.7 Å². The van der Waals surface area contributed by atoms with Crippen LogP contribution in [0.5, 0.6) is 5.75 Å². The van der Waals surface area contributed by atoms with Crippen LogP contribution in [0, 0.1) is 13.8 Å². The van der Waals surface area contributed by atoms with Crippen LogP contribution < -0.4 is 9.64 Å². The Morgan fingerprint density at radius 3 is 2.65 bits per heavy atom. The predicted octanol–water partition coefficient (Wildman–Crippen LogP) is 3.79. The lowest BCUT2D eigenvalue weighted by atomic mass is 10.0. The number of fused-ring (bicyclic) bond motifs is 1. The average Bonchev–Trinajstić information content (AvgIpc) is 2.94. The van der Waals surface area contributed by atoms with Gasteiger partial charge >= 0.3 is 5.97 Å². The van der Waals surface area contributed by atoms with Crippen molar-refractivity contribution in [2.24, 2.45) is 0 Å². The van der Waals surface area contributed by atoms with Gasteiger partial charge in [-0.2, -0.15) is 0 Å².